The normalized spacial score (nSPS) is 11.2. The average Bonchev–Trinajstić information content (AvgIpc) is 3.33. The third kappa shape index (κ3) is 3.73. The van der Waals surface area contributed by atoms with Gasteiger partial charge in [-0.25, -0.2) is 9.97 Å². The van der Waals surface area contributed by atoms with Crippen molar-refractivity contribution >= 4 is 0 Å². The summed E-state index contributed by atoms with van der Waals surface area (Å²) in [6.07, 6.45) is 3.45. The number of quaternary nitrogens is 1. The lowest BCUT2D eigenvalue weighted by Gasteiger charge is -2.09. The Morgan fingerprint density at radius 3 is 1.54 bits per heavy atom. The molecule has 5 nitrogen and oxygen atoms in total. The molecule has 0 fully saturated rings. The first-order valence-electron chi connectivity index (χ1n) is 8.59. The van der Waals surface area contributed by atoms with Gasteiger partial charge in [-0.05, 0) is 24.3 Å². The van der Waals surface area contributed by atoms with Crippen LogP contribution in [0.2, 0.25) is 0 Å². The SMILES string of the molecule is C[NH+](Cc1coc(-c2ccccc2)n1)Cc1coc(-c2ccccc2)n1. The molecule has 0 aliphatic carbocycles. The van der Waals surface area contributed by atoms with E-state index in [0.717, 1.165) is 35.6 Å². The minimum absolute atomic E-state index is 0.654. The third-order valence-electron chi connectivity index (χ3n) is 4.11. The van der Waals surface area contributed by atoms with Gasteiger partial charge in [-0.1, -0.05) is 36.4 Å². The number of rotatable bonds is 6. The van der Waals surface area contributed by atoms with E-state index in [2.05, 4.69) is 17.0 Å². The van der Waals surface area contributed by atoms with Crippen LogP contribution in [0.5, 0.6) is 0 Å². The van der Waals surface area contributed by atoms with Gasteiger partial charge in [0.15, 0.2) is 0 Å². The lowest BCUT2D eigenvalue weighted by Crippen LogP contribution is -3.06. The second-order valence-corrected chi connectivity index (χ2v) is 6.33. The highest BCUT2D eigenvalue weighted by Gasteiger charge is 2.14. The molecule has 2 aromatic heterocycles. The maximum atomic E-state index is 5.61. The molecule has 4 rings (SSSR count). The fourth-order valence-electron chi connectivity index (χ4n) is 2.88. The van der Waals surface area contributed by atoms with Crippen molar-refractivity contribution in [3.8, 4) is 22.9 Å². The fraction of sp³-hybridized carbons (Fsp3) is 0.143. The van der Waals surface area contributed by atoms with Crippen LogP contribution in [-0.4, -0.2) is 17.0 Å². The third-order valence-corrected chi connectivity index (χ3v) is 4.11. The molecule has 130 valence electrons. The molecule has 0 saturated heterocycles. The van der Waals surface area contributed by atoms with Crippen LogP contribution in [0.15, 0.2) is 82.0 Å². The summed E-state index contributed by atoms with van der Waals surface area (Å²) in [5, 5.41) is 0. The first-order chi connectivity index (χ1) is 12.8. The van der Waals surface area contributed by atoms with Crippen LogP contribution in [0.4, 0.5) is 0 Å². The predicted molar refractivity (Wildman–Crippen MR) is 98.2 cm³/mol. The number of hydrogen-bond donors (Lipinski definition) is 1. The zero-order valence-electron chi connectivity index (χ0n) is 14.6. The van der Waals surface area contributed by atoms with Crippen molar-refractivity contribution in [3.05, 3.63) is 84.6 Å². The maximum Gasteiger partial charge on any atom is 0.226 e. The van der Waals surface area contributed by atoms with E-state index in [1.54, 1.807) is 12.5 Å². The van der Waals surface area contributed by atoms with Gasteiger partial charge in [-0.2, -0.15) is 0 Å². The predicted octanol–water partition coefficient (Wildman–Crippen LogP) is 3.21. The second-order valence-electron chi connectivity index (χ2n) is 6.33. The molecule has 1 N–H and O–H groups in total. The summed E-state index contributed by atoms with van der Waals surface area (Å²) in [4.78, 5) is 10.4. The minimum Gasteiger partial charge on any atom is -0.444 e. The Morgan fingerprint density at radius 1 is 0.692 bits per heavy atom. The fourth-order valence-corrected chi connectivity index (χ4v) is 2.88. The molecule has 0 atom stereocenters. The molecule has 0 unspecified atom stereocenters. The van der Waals surface area contributed by atoms with Crippen molar-refractivity contribution in [2.45, 2.75) is 13.1 Å². The van der Waals surface area contributed by atoms with Crippen LogP contribution in [0, 0.1) is 0 Å². The first kappa shape index (κ1) is 16.3. The van der Waals surface area contributed by atoms with Crippen LogP contribution in [-0.2, 0) is 13.1 Å². The molecule has 2 heterocycles. The van der Waals surface area contributed by atoms with E-state index in [1.807, 2.05) is 60.7 Å². The lowest BCUT2D eigenvalue weighted by molar-refractivity contribution is -0.908. The Balaban J connectivity index is 1.40. The molecule has 0 saturated carbocycles. The molecule has 0 aliphatic heterocycles. The Hall–Kier alpha value is -3.18. The topological polar surface area (TPSA) is 56.5 Å². The number of benzene rings is 2. The van der Waals surface area contributed by atoms with E-state index in [4.69, 9.17) is 8.83 Å². The van der Waals surface area contributed by atoms with Gasteiger partial charge < -0.3 is 13.7 Å². The quantitative estimate of drug-likeness (QED) is 0.582. The van der Waals surface area contributed by atoms with Gasteiger partial charge in [0.2, 0.25) is 11.8 Å². The number of hydrogen-bond acceptors (Lipinski definition) is 4. The minimum atomic E-state index is 0.654. The molecular formula is C21H20N3O2+. The van der Waals surface area contributed by atoms with Crippen LogP contribution in [0.1, 0.15) is 11.4 Å². The van der Waals surface area contributed by atoms with Crippen molar-refractivity contribution in [3.63, 3.8) is 0 Å². The highest BCUT2D eigenvalue weighted by Crippen LogP contribution is 2.18. The van der Waals surface area contributed by atoms with E-state index in [0.29, 0.717) is 11.8 Å². The van der Waals surface area contributed by atoms with E-state index in [9.17, 15) is 0 Å². The molecule has 0 aliphatic rings. The molecule has 0 radical (unpaired) electrons. The summed E-state index contributed by atoms with van der Waals surface area (Å²) in [7, 11) is 2.10. The maximum absolute atomic E-state index is 5.61. The molecule has 0 spiro atoms. The van der Waals surface area contributed by atoms with Crippen molar-refractivity contribution in [2.24, 2.45) is 0 Å². The van der Waals surface area contributed by atoms with Crippen LogP contribution < -0.4 is 4.90 Å². The number of oxazole rings is 2. The van der Waals surface area contributed by atoms with E-state index < -0.39 is 0 Å². The standard InChI is InChI=1S/C21H19N3O2/c1-24(12-18-14-25-20(22-18)16-8-4-2-5-9-16)13-19-15-26-21(23-19)17-10-6-3-7-11-17/h2-11,14-15H,12-13H2,1H3/p+1. The molecular weight excluding hydrogens is 326 g/mol. The Kier molecular flexibility index (Phi) is 4.62. The summed E-state index contributed by atoms with van der Waals surface area (Å²) in [5.41, 5.74) is 3.82. The van der Waals surface area contributed by atoms with Crippen molar-refractivity contribution in [2.75, 3.05) is 7.05 Å². The summed E-state index contributed by atoms with van der Waals surface area (Å²) in [6.45, 7) is 1.51. The number of aromatic nitrogens is 2. The van der Waals surface area contributed by atoms with Crippen molar-refractivity contribution < 1.29 is 13.7 Å². The zero-order chi connectivity index (χ0) is 17.8. The molecule has 4 aromatic rings. The second kappa shape index (κ2) is 7.37. The van der Waals surface area contributed by atoms with Gasteiger partial charge in [0, 0.05) is 11.1 Å². The van der Waals surface area contributed by atoms with Gasteiger partial charge >= 0.3 is 0 Å². The van der Waals surface area contributed by atoms with Crippen LogP contribution >= 0.6 is 0 Å². The molecule has 0 bridgehead atoms. The summed E-state index contributed by atoms with van der Waals surface area (Å²) >= 11 is 0. The number of nitrogens with one attached hydrogen (secondary N) is 1. The van der Waals surface area contributed by atoms with E-state index in [1.165, 1.54) is 4.90 Å². The first-order valence-corrected chi connectivity index (χ1v) is 8.59. The van der Waals surface area contributed by atoms with Crippen molar-refractivity contribution in [1.29, 1.82) is 0 Å². The Bertz CT molecular complexity index is 881. The monoisotopic (exact) mass is 346 g/mol. The van der Waals surface area contributed by atoms with Gasteiger partial charge in [0.25, 0.3) is 0 Å². The van der Waals surface area contributed by atoms with Crippen molar-refractivity contribution in [1.82, 2.24) is 9.97 Å². The summed E-state index contributed by atoms with van der Waals surface area (Å²) in [5.74, 6) is 1.31. The number of nitrogens with zero attached hydrogens (tertiary/aromatic N) is 2. The van der Waals surface area contributed by atoms with Gasteiger partial charge in [-0.3, -0.25) is 0 Å². The Morgan fingerprint density at radius 2 is 1.12 bits per heavy atom. The molecule has 0 amide bonds. The average molecular weight is 346 g/mol. The highest BCUT2D eigenvalue weighted by atomic mass is 16.3. The molecule has 2 aromatic carbocycles. The summed E-state index contributed by atoms with van der Waals surface area (Å²) in [6, 6.07) is 19.8. The van der Waals surface area contributed by atoms with E-state index >= 15 is 0 Å². The Labute approximate surface area is 151 Å². The zero-order valence-corrected chi connectivity index (χ0v) is 14.6. The van der Waals surface area contributed by atoms with E-state index in [-0.39, 0.29) is 0 Å². The molecule has 26 heavy (non-hydrogen) atoms. The summed E-state index contributed by atoms with van der Waals surface area (Å²) < 4.78 is 11.2. The van der Waals surface area contributed by atoms with Crippen LogP contribution in [0.25, 0.3) is 22.9 Å². The molecule has 5 heteroatoms. The van der Waals surface area contributed by atoms with Crippen LogP contribution in [0.3, 0.4) is 0 Å². The van der Waals surface area contributed by atoms with Gasteiger partial charge in [-0.15, -0.1) is 0 Å². The highest BCUT2D eigenvalue weighted by molar-refractivity contribution is 5.53. The lowest BCUT2D eigenvalue weighted by atomic mass is 10.2. The smallest absolute Gasteiger partial charge is 0.226 e. The van der Waals surface area contributed by atoms with Gasteiger partial charge in [0.1, 0.15) is 37.0 Å². The van der Waals surface area contributed by atoms with Gasteiger partial charge in [0.05, 0.1) is 7.05 Å². The largest absolute Gasteiger partial charge is 0.444 e.